The lowest BCUT2D eigenvalue weighted by molar-refractivity contribution is -0.122. The summed E-state index contributed by atoms with van der Waals surface area (Å²) in [4.78, 5) is 12.0. The molecule has 3 N–H and O–H groups in total. The van der Waals surface area contributed by atoms with Crippen LogP contribution in [-0.4, -0.2) is 21.7 Å². The number of hydrogen-bond donors (Lipinski definition) is 2. The Balaban J connectivity index is 2.79. The third-order valence-corrected chi connectivity index (χ3v) is 3.53. The van der Waals surface area contributed by atoms with Crippen molar-refractivity contribution in [3.63, 3.8) is 0 Å². The van der Waals surface area contributed by atoms with Crippen LogP contribution < -0.4 is 11.1 Å². The van der Waals surface area contributed by atoms with Crippen molar-refractivity contribution >= 4 is 11.6 Å². The van der Waals surface area contributed by atoms with E-state index < -0.39 is 0 Å². The van der Waals surface area contributed by atoms with E-state index in [1.54, 1.807) is 4.68 Å². The van der Waals surface area contributed by atoms with Crippen molar-refractivity contribution < 1.29 is 4.79 Å². The summed E-state index contributed by atoms with van der Waals surface area (Å²) in [7, 11) is 0. The van der Waals surface area contributed by atoms with Gasteiger partial charge in [-0.3, -0.25) is 9.48 Å². The molecule has 5 nitrogen and oxygen atoms in total. The summed E-state index contributed by atoms with van der Waals surface area (Å²) in [5.41, 5.74) is 8.59. The number of nitrogens with zero attached hydrogens (tertiary/aromatic N) is 2. The van der Waals surface area contributed by atoms with Gasteiger partial charge >= 0.3 is 0 Å². The molecule has 1 aromatic heterocycles. The number of rotatable bonds is 6. The number of carbonyl (C=O) groups is 1. The fraction of sp³-hybridized carbons (Fsp3) is 0.714. The molecule has 1 heterocycles. The molecule has 0 radical (unpaired) electrons. The van der Waals surface area contributed by atoms with Crippen molar-refractivity contribution in [3.05, 3.63) is 11.4 Å². The summed E-state index contributed by atoms with van der Waals surface area (Å²) in [5, 5.41) is 7.41. The summed E-state index contributed by atoms with van der Waals surface area (Å²) in [6.45, 7) is 10.5. The topological polar surface area (TPSA) is 72.9 Å². The van der Waals surface area contributed by atoms with E-state index in [-0.39, 0.29) is 18.5 Å². The molecule has 0 spiro atoms. The van der Waals surface area contributed by atoms with Crippen molar-refractivity contribution in [2.75, 3.05) is 5.73 Å². The van der Waals surface area contributed by atoms with Crippen LogP contribution in [0.3, 0.4) is 0 Å². The summed E-state index contributed by atoms with van der Waals surface area (Å²) >= 11 is 0. The standard InChI is InChI=1S/C14H26N4O/c1-6-11-14(15)12(7-2)18(17-11)8-13(19)16-10(5)9(3)4/h9-10H,6-8,15H2,1-5H3,(H,16,19). The zero-order valence-corrected chi connectivity index (χ0v) is 12.7. The van der Waals surface area contributed by atoms with E-state index in [0.717, 1.165) is 29.9 Å². The molecule has 0 saturated heterocycles. The Morgan fingerprint density at radius 2 is 1.95 bits per heavy atom. The molecule has 1 amide bonds. The average Bonchev–Trinajstić information content (AvgIpc) is 2.64. The number of anilines is 1. The van der Waals surface area contributed by atoms with E-state index in [4.69, 9.17) is 5.73 Å². The van der Waals surface area contributed by atoms with Gasteiger partial charge in [0.15, 0.2) is 0 Å². The molecule has 1 rings (SSSR count). The number of nitrogens with two attached hydrogens (primary N) is 1. The molecule has 5 heteroatoms. The zero-order valence-electron chi connectivity index (χ0n) is 12.7. The number of amides is 1. The molecule has 1 aromatic rings. The van der Waals surface area contributed by atoms with E-state index in [1.807, 2.05) is 20.8 Å². The van der Waals surface area contributed by atoms with Crippen molar-refractivity contribution in [1.82, 2.24) is 15.1 Å². The van der Waals surface area contributed by atoms with Crippen LogP contribution in [-0.2, 0) is 24.2 Å². The number of hydrogen-bond acceptors (Lipinski definition) is 3. The van der Waals surface area contributed by atoms with E-state index in [2.05, 4.69) is 24.3 Å². The minimum Gasteiger partial charge on any atom is -0.396 e. The number of aromatic nitrogens is 2. The van der Waals surface area contributed by atoms with Crippen LogP contribution in [0.15, 0.2) is 0 Å². The Morgan fingerprint density at radius 3 is 2.42 bits per heavy atom. The third kappa shape index (κ3) is 3.72. The first-order valence-electron chi connectivity index (χ1n) is 7.04. The number of nitrogen functional groups attached to an aromatic ring is 1. The Bertz CT molecular complexity index is 437. The first-order chi connectivity index (χ1) is 8.90. The Labute approximate surface area is 115 Å². The Hall–Kier alpha value is -1.52. The largest absolute Gasteiger partial charge is 0.396 e. The van der Waals surface area contributed by atoms with Gasteiger partial charge in [-0.25, -0.2) is 0 Å². The lowest BCUT2D eigenvalue weighted by Crippen LogP contribution is -2.38. The van der Waals surface area contributed by atoms with Crippen LogP contribution in [0.5, 0.6) is 0 Å². The second kappa shape index (κ2) is 6.59. The second-order valence-electron chi connectivity index (χ2n) is 5.27. The Kier molecular flexibility index (Phi) is 5.39. The smallest absolute Gasteiger partial charge is 0.241 e. The molecule has 0 aliphatic rings. The summed E-state index contributed by atoms with van der Waals surface area (Å²) in [6.07, 6.45) is 1.57. The van der Waals surface area contributed by atoms with Crippen LogP contribution in [0.4, 0.5) is 5.69 Å². The predicted molar refractivity (Wildman–Crippen MR) is 77.8 cm³/mol. The summed E-state index contributed by atoms with van der Waals surface area (Å²) < 4.78 is 1.73. The van der Waals surface area contributed by atoms with E-state index in [1.165, 1.54) is 0 Å². The van der Waals surface area contributed by atoms with Gasteiger partial charge in [0.1, 0.15) is 6.54 Å². The molecular weight excluding hydrogens is 240 g/mol. The van der Waals surface area contributed by atoms with Gasteiger partial charge in [0.25, 0.3) is 0 Å². The molecular formula is C14H26N4O. The molecule has 19 heavy (non-hydrogen) atoms. The highest BCUT2D eigenvalue weighted by molar-refractivity contribution is 5.76. The van der Waals surface area contributed by atoms with Crippen LogP contribution in [0.2, 0.25) is 0 Å². The van der Waals surface area contributed by atoms with Gasteiger partial charge in [-0.2, -0.15) is 5.10 Å². The van der Waals surface area contributed by atoms with Crippen molar-refractivity contribution in [1.29, 1.82) is 0 Å². The summed E-state index contributed by atoms with van der Waals surface area (Å²) in [6, 6.07) is 0.163. The molecule has 0 saturated carbocycles. The summed E-state index contributed by atoms with van der Waals surface area (Å²) in [5.74, 6) is 0.407. The molecule has 0 aromatic carbocycles. The maximum atomic E-state index is 12.0. The molecule has 0 aliphatic heterocycles. The highest BCUT2D eigenvalue weighted by Crippen LogP contribution is 2.18. The van der Waals surface area contributed by atoms with Gasteiger partial charge < -0.3 is 11.1 Å². The van der Waals surface area contributed by atoms with Crippen LogP contribution in [0.1, 0.15) is 46.0 Å². The maximum Gasteiger partial charge on any atom is 0.241 e. The number of carbonyl (C=O) groups excluding carboxylic acids is 1. The normalized spacial score (nSPS) is 12.7. The molecule has 1 atom stereocenters. The van der Waals surface area contributed by atoms with Gasteiger partial charge in [-0.05, 0) is 25.7 Å². The minimum atomic E-state index is -0.0129. The first-order valence-corrected chi connectivity index (χ1v) is 7.04. The van der Waals surface area contributed by atoms with E-state index >= 15 is 0 Å². The van der Waals surface area contributed by atoms with E-state index in [9.17, 15) is 4.79 Å². The average molecular weight is 266 g/mol. The highest BCUT2D eigenvalue weighted by atomic mass is 16.2. The molecule has 0 bridgehead atoms. The highest BCUT2D eigenvalue weighted by Gasteiger charge is 2.16. The quantitative estimate of drug-likeness (QED) is 0.824. The van der Waals surface area contributed by atoms with Gasteiger partial charge in [0, 0.05) is 6.04 Å². The fourth-order valence-electron chi connectivity index (χ4n) is 1.93. The molecule has 108 valence electrons. The molecule has 1 unspecified atom stereocenters. The van der Waals surface area contributed by atoms with Crippen molar-refractivity contribution in [2.24, 2.45) is 5.92 Å². The van der Waals surface area contributed by atoms with Crippen LogP contribution >= 0.6 is 0 Å². The molecule has 0 fully saturated rings. The monoisotopic (exact) mass is 266 g/mol. The zero-order chi connectivity index (χ0) is 14.6. The van der Waals surface area contributed by atoms with Crippen LogP contribution in [0, 0.1) is 5.92 Å². The van der Waals surface area contributed by atoms with Gasteiger partial charge in [-0.15, -0.1) is 0 Å². The Morgan fingerprint density at radius 1 is 1.32 bits per heavy atom. The van der Waals surface area contributed by atoms with Gasteiger partial charge in [0.2, 0.25) is 5.91 Å². The van der Waals surface area contributed by atoms with Crippen molar-refractivity contribution in [3.8, 4) is 0 Å². The number of nitrogens with one attached hydrogen (secondary N) is 1. The van der Waals surface area contributed by atoms with E-state index in [0.29, 0.717) is 5.92 Å². The second-order valence-corrected chi connectivity index (χ2v) is 5.27. The van der Waals surface area contributed by atoms with Gasteiger partial charge in [0.05, 0.1) is 17.1 Å². The molecule has 0 aliphatic carbocycles. The third-order valence-electron chi connectivity index (χ3n) is 3.53. The van der Waals surface area contributed by atoms with Crippen molar-refractivity contribution in [2.45, 2.75) is 60.0 Å². The number of aryl methyl sites for hydroxylation is 1. The SMILES string of the molecule is CCc1nn(CC(=O)NC(C)C(C)C)c(CC)c1N. The fourth-order valence-corrected chi connectivity index (χ4v) is 1.93. The van der Waals surface area contributed by atoms with Crippen LogP contribution in [0.25, 0.3) is 0 Å². The lowest BCUT2D eigenvalue weighted by Gasteiger charge is -2.17. The van der Waals surface area contributed by atoms with Gasteiger partial charge in [-0.1, -0.05) is 27.7 Å². The minimum absolute atomic E-state index is 0.0129. The lowest BCUT2D eigenvalue weighted by atomic mass is 10.1. The predicted octanol–water partition coefficient (Wildman–Crippen LogP) is 1.75. The maximum absolute atomic E-state index is 12.0. The first kappa shape index (κ1) is 15.5.